The van der Waals surface area contributed by atoms with Gasteiger partial charge in [0, 0.05) is 0 Å². The zero-order valence-corrected chi connectivity index (χ0v) is 13.4. The molecule has 0 heterocycles. The fraction of sp³-hybridized carbons (Fsp3) is 0.909. The number of phosphoric acid groups is 1. The highest BCUT2D eigenvalue weighted by molar-refractivity contribution is 8.11. The van der Waals surface area contributed by atoms with Gasteiger partial charge in [0.15, 0.2) is 0 Å². The van der Waals surface area contributed by atoms with E-state index < -0.39 is 13.9 Å². The molecule has 0 saturated heterocycles. The molecule has 1 unspecified atom stereocenters. The van der Waals surface area contributed by atoms with Crippen molar-refractivity contribution >= 4 is 36.9 Å². The largest absolute Gasteiger partial charge is 0.470 e. The van der Waals surface area contributed by atoms with Crippen LogP contribution in [0, 0.1) is 0 Å². The highest BCUT2D eigenvalue weighted by Crippen LogP contribution is 2.39. The van der Waals surface area contributed by atoms with E-state index in [2.05, 4.69) is 24.1 Å². The number of thiocarbonyl (C=S) groups is 1. The van der Waals surface area contributed by atoms with Gasteiger partial charge in [-0.1, -0.05) is 64.1 Å². The van der Waals surface area contributed by atoms with Crippen molar-refractivity contribution in [2.45, 2.75) is 64.4 Å². The van der Waals surface area contributed by atoms with Gasteiger partial charge in [0.2, 0.25) is 0 Å². The van der Waals surface area contributed by atoms with E-state index in [1.165, 1.54) is 25.7 Å². The van der Waals surface area contributed by atoms with Crippen molar-refractivity contribution in [2.24, 2.45) is 0 Å². The first-order valence-corrected chi connectivity index (χ1v) is 8.72. The van der Waals surface area contributed by atoms with Gasteiger partial charge in [0.25, 0.3) is 0 Å². The highest BCUT2D eigenvalue weighted by Gasteiger charge is 2.23. The molecule has 4 nitrogen and oxygen atoms in total. The first-order valence-electron chi connectivity index (χ1n) is 6.33. The van der Waals surface area contributed by atoms with E-state index in [9.17, 15) is 4.57 Å². The van der Waals surface area contributed by atoms with Gasteiger partial charge in [-0.2, -0.15) is 0 Å². The molecule has 18 heavy (non-hydrogen) atoms. The molecule has 7 heteroatoms. The van der Waals surface area contributed by atoms with Crippen molar-refractivity contribution in [3.8, 4) is 0 Å². The van der Waals surface area contributed by atoms with Gasteiger partial charge in [-0.3, -0.25) is 4.52 Å². The maximum absolute atomic E-state index is 10.7. The van der Waals surface area contributed by atoms with Gasteiger partial charge >= 0.3 is 7.82 Å². The molecule has 0 aromatic carbocycles. The molecule has 0 aliphatic carbocycles. The van der Waals surface area contributed by atoms with Crippen LogP contribution in [-0.2, 0) is 9.09 Å². The Balaban J connectivity index is 3.72. The summed E-state index contributed by atoms with van der Waals surface area (Å²) in [5.41, 5.74) is 0. The average Bonchev–Trinajstić information content (AvgIpc) is 2.24. The summed E-state index contributed by atoms with van der Waals surface area (Å²) in [5, 5.41) is 0. The standard InChI is InChI=1S/C11H23O4PS2/c1-2-3-4-5-6-7-8-9-10(11(17)18)15-16(12,13)14/h10H,2-9H2,1H3,(H,17,18)(H2,12,13,14). The summed E-state index contributed by atoms with van der Waals surface area (Å²) in [4.78, 5) is 17.5. The summed E-state index contributed by atoms with van der Waals surface area (Å²) in [6.45, 7) is 2.18. The molecule has 0 radical (unpaired) electrons. The normalized spacial score (nSPS) is 13.6. The van der Waals surface area contributed by atoms with Gasteiger partial charge in [0.1, 0.15) is 6.10 Å². The molecule has 0 amide bonds. The third kappa shape index (κ3) is 11.6. The van der Waals surface area contributed by atoms with Crippen LogP contribution in [0.15, 0.2) is 0 Å². The van der Waals surface area contributed by atoms with Crippen LogP contribution in [0.3, 0.4) is 0 Å². The Hall–Kier alpha value is 0.550. The number of phosphoric ester groups is 1. The third-order valence-corrected chi connectivity index (χ3v) is 3.69. The number of unbranched alkanes of at least 4 members (excludes halogenated alkanes) is 6. The van der Waals surface area contributed by atoms with Crippen molar-refractivity contribution in [3.63, 3.8) is 0 Å². The Morgan fingerprint density at radius 3 is 2.17 bits per heavy atom. The maximum atomic E-state index is 10.7. The Morgan fingerprint density at radius 2 is 1.72 bits per heavy atom. The monoisotopic (exact) mass is 314 g/mol. The molecular formula is C11H23O4PS2. The fourth-order valence-corrected chi connectivity index (χ4v) is 2.72. The molecule has 0 spiro atoms. The molecule has 0 saturated carbocycles. The first-order chi connectivity index (χ1) is 8.37. The van der Waals surface area contributed by atoms with Crippen LogP contribution in [0.25, 0.3) is 0 Å². The molecule has 0 rings (SSSR count). The second kappa shape index (κ2) is 10.4. The quantitative estimate of drug-likeness (QED) is 0.234. The van der Waals surface area contributed by atoms with Crippen LogP contribution in [0.4, 0.5) is 0 Å². The maximum Gasteiger partial charge on any atom is 0.470 e. The summed E-state index contributed by atoms with van der Waals surface area (Å²) in [6.07, 6.45) is 7.76. The minimum Gasteiger partial charge on any atom is -0.303 e. The molecular weight excluding hydrogens is 291 g/mol. The minimum atomic E-state index is -4.48. The number of hydrogen-bond donors (Lipinski definition) is 3. The minimum absolute atomic E-state index is 0.198. The summed E-state index contributed by atoms with van der Waals surface area (Å²) in [7, 11) is -4.48. The SMILES string of the molecule is CCCCCCCCCC(OP(=O)(O)O)C(=S)S. The van der Waals surface area contributed by atoms with Crippen LogP contribution in [-0.4, -0.2) is 20.1 Å². The van der Waals surface area contributed by atoms with Crippen LogP contribution >= 0.6 is 32.7 Å². The molecule has 0 aromatic heterocycles. The van der Waals surface area contributed by atoms with E-state index in [1.54, 1.807) is 0 Å². The van der Waals surface area contributed by atoms with Gasteiger partial charge < -0.3 is 9.79 Å². The lowest BCUT2D eigenvalue weighted by Gasteiger charge is -2.16. The molecule has 108 valence electrons. The predicted molar refractivity (Wildman–Crippen MR) is 81.1 cm³/mol. The summed E-state index contributed by atoms with van der Waals surface area (Å²) in [6, 6.07) is 0. The third-order valence-electron chi connectivity index (χ3n) is 2.61. The second-order valence-corrected chi connectivity index (χ2v) is 6.75. The van der Waals surface area contributed by atoms with Crippen LogP contribution in [0.2, 0.25) is 0 Å². The van der Waals surface area contributed by atoms with Crippen molar-refractivity contribution in [2.75, 3.05) is 0 Å². The number of rotatable bonds is 11. The predicted octanol–water partition coefficient (Wildman–Crippen LogP) is 3.86. The van der Waals surface area contributed by atoms with Crippen LogP contribution in [0.5, 0.6) is 0 Å². The number of hydrogen-bond acceptors (Lipinski definition) is 3. The van der Waals surface area contributed by atoms with Gasteiger partial charge in [-0.05, 0) is 6.42 Å². The van der Waals surface area contributed by atoms with E-state index in [0.29, 0.717) is 6.42 Å². The van der Waals surface area contributed by atoms with Gasteiger partial charge in [-0.25, -0.2) is 4.57 Å². The summed E-state index contributed by atoms with van der Waals surface area (Å²) in [5.74, 6) is 0. The molecule has 0 aromatic rings. The zero-order valence-electron chi connectivity index (χ0n) is 10.7. The second-order valence-electron chi connectivity index (χ2n) is 4.33. The van der Waals surface area contributed by atoms with Crippen molar-refractivity contribution in [1.29, 1.82) is 0 Å². The van der Waals surface area contributed by atoms with Gasteiger partial charge in [-0.15, -0.1) is 12.6 Å². The Labute approximate surface area is 120 Å². The molecule has 0 fully saturated rings. The zero-order chi connectivity index (χ0) is 14.0. The Bertz CT molecular complexity index is 280. The summed E-state index contributed by atoms with van der Waals surface area (Å²) >= 11 is 8.76. The molecule has 1 atom stereocenters. The lowest BCUT2D eigenvalue weighted by molar-refractivity contribution is 0.166. The molecule has 0 aliphatic heterocycles. The topological polar surface area (TPSA) is 66.8 Å². The lowest BCUT2D eigenvalue weighted by atomic mass is 10.1. The van der Waals surface area contributed by atoms with Crippen LogP contribution in [0.1, 0.15) is 58.3 Å². The molecule has 0 bridgehead atoms. The van der Waals surface area contributed by atoms with E-state index >= 15 is 0 Å². The number of thiol groups is 1. The van der Waals surface area contributed by atoms with Crippen molar-refractivity contribution in [3.05, 3.63) is 0 Å². The smallest absolute Gasteiger partial charge is 0.303 e. The Morgan fingerprint density at radius 1 is 1.22 bits per heavy atom. The first kappa shape index (κ1) is 18.6. The van der Waals surface area contributed by atoms with Crippen molar-refractivity contribution < 1.29 is 18.9 Å². The van der Waals surface area contributed by atoms with E-state index in [1.807, 2.05) is 0 Å². The van der Waals surface area contributed by atoms with E-state index in [-0.39, 0.29) is 4.20 Å². The highest BCUT2D eigenvalue weighted by atomic mass is 32.1. The average molecular weight is 314 g/mol. The lowest BCUT2D eigenvalue weighted by Crippen LogP contribution is -2.17. The fourth-order valence-electron chi connectivity index (χ4n) is 1.67. The van der Waals surface area contributed by atoms with Crippen molar-refractivity contribution in [1.82, 2.24) is 0 Å². The Kier molecular flexibility index (Phi) is 10.7. The van der Waals surface area contributed by atoms with E-state index in [4.69, 9.17) is 22.0 Å². The molecule has 2 N–H and O–H groups in total. The summed E-state index contributed by atoms with van der Waals surface area (Å²) < 4.78 is 15.5. The van der Waals surface area contributed by atoms with E-state index in [0.717, 1.165) is 19.3 Å². The van der Waals surface area contributed by atoms with Gasteiger partial charge in [0.05, 0.1) is 4.20 Å². The molecule has 0 aliphatic rings. The van der Waals surface area contributed by atoms with Crippen LogP contribution < -0.4 is 0 Å².